The van der Waals surface area contributed by atoms with Gasteiger partial charge in [-0.05, 0) is 31.0 Å². The molecule has 3 rings (SSSR count). The zero-order valence-electron chi connectivity index (χ0n) is 13.6. The summed E-state index contributed by atoms with van der Waals surface area (Å²) >= 11 is 6.09. The summed E-state index contributed by atoms with van der Waals surface area (Å²) in [5.41, 5.74) is 0.694. The van der Waals surface area contributed by atoms with E-state index < -0.39 is 0 Å². The standard InChI is InChI=1S/C17H24ClN3O2/c1-23-16-7-6-13(12-15(16)18)19-17(22)21-10-8-20(9-11-21)14-4-2-3-5-14/h6-7,12,14H,2-5,8-11H2,1H3,(H,19,22). The molecule has 1 aromatic carbocycles. The maximum absolute atomic E-state index is 12.4. The number of methoxy groups -OCH3 is 1. The molecule has 1 saturated carbocycles. The number of piperazine rings is 1. The Balaban J connectivity index is 1.52. The fourth-order valence-corrected chi connectivity index (χ4v) is 3.76. The van der Waals surface area contributed by atoms with Crippen molar-refractivity contribution in [3.8, 4) is 5.75 Å². The van der Waals surface area contributed by atoms with Gasteiger partial charge in [0.25, 0.3) is 0 Å². The highest BCUT2D eigenvalue weighted by Crippen LogP contribution is 2.28. The van der Waals surface area contributed by atoms with Crippen LogP contribution in [-0.4, -0.2) is 55.2 Å². The van der Waals surface area contributed by atoms with Gasteiger partial charge in [0.2, 0.25) is 0 Å². The molecule has 1 aliphatic heterocycles. The number of benzene rings is 1. The lowest BCUT2D eigenvalue weighted by Crippen LogP contribution is -2.52. The number of nitrogens with zero attached hydrogens (tertiary/aromatic N) is 2. The van der Waals surface area contributed by atoms with Gasteiger partial charge in [-0.1, -0.05) is 24.4 Å². The number of hydrogen-bond donors (Lipinski definition) is 1. The molecule has 5 nitrogen and oxygen atoms in total. The van der Waals surface area contributed by atoms with Gasteiger partial charge in [-0.15, -0.1) is 0 Å². The summed E-state index contributed by atoms with van der Waals surface area (Å²) in [7, 11) is 1.57. The van der Waals surface area contributed by atoms with Gasteiger partial charge in [-0.3, -0.25) is 4.90 Å². The number of anilines is 1. The number of ether oxygens (including phenoxy) is 1. The number of amides is 2. The van der Waals surface area contributed by atoms with Crippen LogP contribution in [0.3, 0.4) is 0 Å². The first kappa shape index (κ1) is 16.4. The van der Waals surface area contributed by atoms with Crippen molar-refractivity contribution in [2.75, 3.05) is 38.6 Å². The molecule has 0 atom stereocenters. The van der Waals surface area contributed by atoms with E-state index in [0.29, 0.717) is 16.5 Å². The zero-order chi connectivity index (χ0) is 16.2. The predicted octanol–water partition coefficient (Wildman–Crippen LogP) is 3.44. The summed E-state index contributed by atoms with van der Waals surface area (Å²) in [6, 6.07) is 5.96. The fraction of sp³-hybridized carbons (Fsp3) is 0.588. The van der Waals surface area contributed by atoms with Crippen LogP contribution in [0.2, 0.25) is 5.02 Å². The number of hydrogen-bond acceptors (Lipinski definition) is 3. The molecule has 2 aliphatic rings. The molecule has 2 amide bonds. The van der Waals surface area contributed by atoms with Gasteiger partial charge < -0.3 is 15.0 Å². The second kappa shape index (κ2) is 7.41. The molecule has 1 aliphatic carbocycles. The second-order valence-corrected chi connectivity index (χ2v) is 6.65. The largest absolute Gasteiger partial charge is 0.495 e. The summed E-state index contributed by atoms with van der Waals surface area (Å²) in [4.78, 5) is 16.8. The van der Waals surface area contributed by atoms with Crippen LogP contribution < -0.4 is 10.1 Å². The average molecular weight is 338 g/mol. The topological polar surface area (TPSA) is 44.8 Å². The molecule has 0 aromatic heterocycles. The van der Waals surface area contributed by atoms with E-state index >= 15 is 0 Å². The van der Waals surface area contributed by atoms with Crippen molar-refractivity contribution in [1.29, 1.82) is 0 Å². The predicted molar refractivity (Wildman–Crippen MR) is 92.4 cm³/mol. The minimum atomic E-state index is -0.0581. The van der Waals surface area contributed by atoms with Crippen LogP contribution in [0.25, 0.3) is 0 Å². The molecule has 2 fully saturated rings. The lowest BCUT2D eigenvalue weighted by atomic mass is 10.2. The van der Waals surface area contributed by atoms with Crippen LogP contribution in [0, 0.1) is 0 Å². The van der Waals surface area contributed by atoms with Gasteiger partial charge in [0.1, 0.15) is 5.75 Å². The van der Waals surface area contributed by atoms with E-state index in [1.54, 1.807) is 25.3 Å². The Labute approximate surface area is 142 Å². The highest BCUT2D eigenvalue weighted by molar-refractivity contribution is 6.32. The Morgan fingerprint density at radius 3 is 2.52 bits per heavy atom. The average Bonchev–Trinajstić information content (AvgIpc) is 3.09. The molecule has 1 N–H and O–H groups in total. The Kier molecular flexibility index (Phi) is 5.28. The smallest absolute Gasteiger partial charge is 0.321 e. The number of carbonyl (C=O) groups excluding carboxylic acids is 1. The molecule has 126 valence electrons. The summed E-state index contributed by atoms with van der Waals surface area (Å²) < 4.78 is 5.12. The van der Waals surface area contributed by atoms with E-state index in [4.69, 9.17) is 16.3 Å². The minimum Gasteiger partial charge on any atom is -0.495 e. The molecule has 23 heavy (non-hydrogen) atoms. The summed E-state index contributed by atoms with van der Waals surface area (Å²) in [6.45, 7) is 3.52. The summed E-state index contributed by atoms with van der Waals surface area (Å²) in [5.74, 6) is 0.606. The first-order valence-electron chi connectivity index (χ1n) is 8.31. The highest BCUT2D eigenvalue weighted by Gasteiger charge is 2.27. The van der Waals surface area contributed by atoms with Crippen LogP contribution in [0.5, 0.6) is 5.75 Å². The van der Waals surface area contributed by atoms with Crippen LogP contribution in [0.1, 0.15) is 25.7 Å². The monoisotopic (exact) mass is 337 g/mol. The number of carbonyl (C=O) groups is 1. The number of halogens is 1. The molecular weight excluding hydrogens is 314 g/mol. The van der Waals surface area contributed by atoms with E-state index in [1.165, 1.54) is 25.7 Å². The van der Waals surface area contributed by atoms with Gasteiger partial charge in [0, 0.05) is 37.9 Å². The third kappa shape index (κ3) is 3.90. The summed E-state index contributed by atoms with van der Waals surface area (Å²) in [5, 5.41) is 3.41. The van der Waals surface area contributed by atoms with E-state index in [2.05, 4.69) is 10.2 Å². The third-order valence-corrected chi connectivity index (χ3v) is 5.14. The Hall–Kier alpha value is -1.46. The first-order chi connectivity index (χ1) is 11.2. The van der Waals surface area contributed by atoms with Crippen molar-refractivity contribution < 1.29 is 9.53 Å². The minimum absolute atomic E-state index is 0.0581. The fourth-order valence-electron chi connectivity index (χ4n) is 3.51. The molecule has 1 saturated heterocycles. The van der Waals surface area contributed by atoms with Crippen molar-refractivity contribution in [3.05, 3.63) is 23.2 Å². The third-order valence-electron chi connectivity index (χ3n) is 4.85. The molecular formula is C17H24ClN3O2. The number of nitrogens with one attached hydrogen (secondary N) is 1. The SMILES string of the molecule is COc1ccc(NC(=O)N2CCN(C3CCCC3)CC2)cc1Cl. The molecule has 1 aromatic rings. The van der Waals surface area contributed by atoms with Crippen LogP contribution in [-0.2, 0) is 0 Å². The quantitative estimate of drug-likeness (QED) is 0.919. The Morgan fingerprint density at radius 2 is 1.91 bits per heavy atom. The van der Waals surface area contributed by atoms with Gasteiger partial charge in [-0.2, -0.15) is 0 Å². The maximum Gasteiger partial charge on any atom is 0.321 e. The van der Waals surface area contributed by atoms with Gasteiger partial charge in [-0.25, -0.2) is 4.79 Å². The molecule has 0 radical (unpaired) electrons. The normalized spacial score (nSPS) is 19.8. The van der Waals surface area contributed by atoms with Crippen molar-refractivity contribution in [2.45, 2.75) is 31.7 Å². The maximum atomic E-state index is 12.4. The van der Waals surface area contributed by atoms with E-state index in [9.17, 15) is 4.79 Å². The highest BCUT2D eigenvalue weighted by atomic mass is 35.5. The summed E-state index contributed by atoms with van der Waals surface area (Å²) in [6.07, 6.45) is 5.33. The number of urea groups is 1. The van der Waals surface area contributed by atoms with Crippen molar-refractivity contribution in [2.24, 2.45) is 0 Å². The van der Waals surface area contributed by atoms with Crippen LogP contribution >= 0.6 is 11.6 Å². The van der Waals surface area contributed by atoms with Gasteiger partial charge >= 0.3 is 6.03 Å². The van der Waals surface area contributed by atoms with Crippen molar-refractivity contribution in [1.82, 2.24) is 9.80 Å². The van der Waals surface area contributed by atoms with E-state index in [1.807, 2.05) is 4.90 Å². The molecule has 0 unspecified atom stereocenters. The number of rotatable bonds is 3. The van der Waals surface area contributed by atoms with Gasteiger partial charge in [0.15, 0.2) is 0 Å². The zero-order valence-corrected chi connectivity index (χ0v) is 14.3. The lowest BCUT2D eigenvalue weighted by molar-refractivity contribution is 0.115. The second-order valence-electron chi connectivity index (χ2n) is 6.24. The Bertz CT molecular complexity index is 553. The molecule has 1 heterocycles. The first-order valence-corrected chi connectivity index (χ1v) is 8.68. The van der Waals surface area contributed by atoms with Crippen LogP contribution in [0.15, 0.2) is 18.2 Å². The Morgan fingerprint density at radius 1 is 1.22 bits per heavy atom. The molecule has 0 spiro atoms. The van der Waals surface area contributed by atoms with Crippen molar-refractivity contribution >= 4 is 23.3 Å². The van der Waals surface area contributed by atoms with Gasteiger partial charge in [0.05, 0.1) is 12.1 Å². The molecule has 0 bridgehead atoms. The van der Waals surface area contributed by atoms with E-state index in [-0.39, 0.29) is 6.03 Å². The van der Waals surface area contributed by atoms with Crippen molar-refractivity contribution in [3.63, 3.8) is 0 Å². The van der Waals surface area contributed by atoms with Crippen LogP contribution in [0.4, 0.5) is 10.5 Å². The molecule has 6 heteroatoms. The van der Waals surface area contributed by atoms with E-state index in [0.717, 1.165) is 32.2 Å². The lowest BCUT2D eigenvalue weighted by Gasteiger charge is -2.38.